The minimum absolute atomic E-state index is 0.371. The lowest BCUT2D eigenvalue weighted by Gasteiger charge is -2.00. The number of rotatable bonds is 1. The van der Waals surface area contributed by atoms with Gasteiger partial charge in [-0.05, 0) is 12.1 Å². The van der Waals surface area contributed by atoms with Crippen molar-refractivity contribution in [3.8, 4) is 0 Å². The van der Waals surface area contributed by atoms with Crippen molar-refractivity contribution in [1.29, 1.82) is 0 Å². The largest absolute Gasteiger partial charge is 0.464 e. The molecule has 0 saturated carbocycles. The minimum atomic E-state index is -0.371. The van der Waals surface area contributed by atoms with Crippen molar-refractivity contribution in [1.82, 2.24) is 9.55 Å². The number of ether oxygens (including phenoxy) is 1. The number of nitrogens with zero attached hydrogens (tertiary/aromatic N) is 2. The minimum Gasteiger partial charge on any atom is -0.464 e. The average Bonchev–Trinajstić information content (AvgIpc) is 2.54. The van der Waals surface area contributed by atoms with Crippen molar-refractivity contribution in [3.63, 3.8) is 0 Å². The van der Waals surface area contributed by atoms with Crippen LogP contribution in [-0.2, 0) is 11.8 Å². The second-order valence-electron chi connectivity index (χ2n) is 3.15. The molecule has 0 saturated heterocycles. The highest BCUT2D eigenvalue weighted by atomic mass is 35.5. The summed E-state index contributed by atoms with van der Waals surface area (Å²) in [4.78, 5) is 15.4. The Balaban J connectivity index is 2.69. The van der Waals surface area contributed by atoms with E-state index in [1.54, 1.807) is 29.9 Å². The van der Waals surface area contributed by atoms with Crippen LogP contribution in [0.5, 0.6) is 0 Å². The zero-order valence-electron chi connectivity index (χ0n) is 8.32. The molecule has 0 bridgehead atoms. The number of hydrogen-bond donors (Lipinski definition) is 0. The van der Waals surface area contributed by atoms with Crippen LogP contribution in [0.4, 0.5) is 0 Å². The van der Waals surface area contributed by atoms with Gasteiger partial charge in [-0.2, -0.15) is 0 Å². The van der Waals surface area contributed by atoms with Crippen LogP contribution >= 0.6 is 11.6 Å². The summed E-state index contributed by atoms with van der Waals surface area (Å²) in [5.41, 5.74) is 1.33. The van der Waals surface area contributed by atoms with Gasteiger partial charge < -0.3 is 9.30 Å². The van der Waals surface area contributed by atoms with Gasteiger partial charge in [0.15, 0.2) is 0 Å². The Morgan fingerprint density at radius 3 is 2.93 bits per heavy atom. The maximum atomic E-state index is 11.4. The third-order valence-electron chi connectivity index (χ3n) is 2.29. The van der Waals surface area contributed by atoms with E-state index in [0.29, 0.717) is 10.8 Å². The van der Waals surface area contributed by atoms with Crippen LogP contribution < -0.4 is 0 Å². The van der Waals surface area contributed by atoms with E-state index in [1.807, 2.05) is 0 Å². The summed E-state index contributed by atoms with van der Waals surface area (Å²) >= 11 is 5.76. The second-order valence-corrected chi connectivity index (χ2v) is 3.53. The van der Waals surface area contributed by atoms with Gasteiger partial charge in [0.2, 0.25) is 0 Å². The maximum Gasteiger partial charge on any atom is 0.354 e. The molecule has 0 amide bonds. The van der Waals surface area contributed by atoms with E-state index in [1.165, 1.54) is 7.11 Å². The van der Waals surface area contributed by atoms with Gasteiger partial charge in [-0.25, -0.2) is 9.78 Å². The van der Waals surface area contributed by atoms with Gasteiger partial charge in [0.25, 0.3) is 0 Å². The maximum absolute atomic E-state index is 11.4. The molecule has 0 spiro atoms. The fourth-order valence-corrected chi connectivity index (χ4v) is 1.67. The SMILES string of the molecule is COC(=O)c1cc2cc(Cl)ncc2n1C. The number of pyridine rings is 1. The van der Waals surface area contributed by atoms with Gasteiger partial charge >= 0.3 is 5.97 Å². The normalized spacial score (nSPS) is 10.6. The standard InChI is InChI=1S/C10H9ClN2O2/c1-13-7(10(14)15-2)3-6-4-9(11)12-5-8(6)13/h3-5H,1-2H3. The molecule has 0 aliphatic rings. The third-order valence-corrected chi connectivity index (χ3v) is 2.50. The molecule has 4 nitrogen and oxygen atoms in total. The second kappa shape index (κ2) is 3.55. The monoisotopic (exact) mass is 224 g/mol. The molecule has 78 valence electrons. The first-order valence-corrected chi connectivity index (χ1v) is 4.70. The Morgan fingerprint density at radius 1 is 1.53 bits per heavy atom. The molecule has 2 aromatic rings. The predicted octanol–water partition coefficient (Wildman–Crippen LogP) is 2.01. The first-order valence-electron chi connectivity index (χ1n) is 4.33. The molecule has 0 aromatic carbocycles. The molecule has 2 heterocycles. The van der Waals surface area contributed by atoms with Crippen molar-refractivity contribution >= 4 is 28.5 Å². The summed E-state index contributed by atoms with van der Waals surface area (Å²) in [6, 6.07) is 3.44. The zero-order valence-corrected chi connectivity index (χ0v) is 9.08. The number of hydrogen-bond acceptors (Lipinski definition) is 3. The summed E-state index contributed by atoms with van der Waals surface area (Å²) in [5, 5.41) is 1.28. The fraction of sp³-hybridized carbons (Fsp3) is 0.200. The molecule has 0 fully saturated rings. The first kappa shape index (κ1) is 9.98. The van der Waals surface area contributed by atoms with Crippen molar-refractivity contribution in [2.75, 3.05) is 7.11 Å². The lowest BCUT2D eigenvalue weighted by molar-refractivity contribution is 0.0590. The van der Waals surface area contributed by atoms with Crippen molar-refractivity contribution in [2.45, 2.75) is 0 Å². The van der Waals surface area contributed by atoms with E-state index in [0.717, 1.165) is 10.9 Å². The first-order chi connectivity index (χ1) is 7.13. The van der Waals surface area contributed by atoms with Gasteiger partial charge in [0.1, 0.15) is 10.8 Å². The molecule has 0 radical (unpaired) electrons. The van der Waals surface area contributed by atoms with Crippen LogP contribution in [0.15, 0.2) is 18.3 Å². The van der Waals surface area contributed by atoms with Crippen molar-refractivity contribution in [2.24, 2.45) is 7.05 Å². The summed E-state index contributed by atoms with van der Waals surface area (Å²) in [7, 11) is 3.13. The Hall–Kier alpha value is -1.55. The molecule has 2 aromatic heterocycles. The summed E-state index contributed by atoms with van der Waals surface area (Å²) in [5.74, 6) is -0.371. The molecule has 15 heavy (non-hydrogen) atoms. The van der Waals surface area contributed by atoms with Crippen LogP contribution in [-0.4, -0.2) is 22.6 Å². The van der Waals surface area contributed by atoms with Crippen LogP contribution in [0.1, 0.15) is 10.5 Å². The number of esters is 1. The Labute approximate surface area is 91.4 Å². The number of aryl methyl sites for hydroxylation is 1. The molecule has 2 rings (SSSR count). The van der Waals surface area contributed by atoms with Crippen LogP contribution in [0.3, 0.4) is 0 Å². The summed E-state index contributed by atoms with van der Waals surface area (Å²) in [6.45, 7) is 0. The van der Waals surface area contributed by atoms with Gasteiger partial charge in [-0.1, -0.05) is 11.6 Å². The topological polar surface area (TPSA) is 44.1 Å². The summed E-state index contributed by atoms with van der Waals surface area (Å²) in [6.07, 6.45) is 1.63. The summed E-state index contributed by atoms with van der Waals surface area (Å²) < 4.78 is 6.39. The van der Waals surface area contributed by atoms with Crippen LogP contribution in [0.2, 0.25) is 5.15 Å². The van der Waals surface area contributed by atoms with E-state index in [4.69, 9.17) is 11.6 Å². The van der Waals surface area contributed by atoms with Crippen LogP contribution in [0, 0.1) is 0 Å². The molecular formula is C10H9ClN2O2. The van der Waals surface area contributed by atoms with E-state index < -0.39 is 0 Å². The number of fused-ring (bicyclic) bond motifs is 1. The quantitative estimate of drug-likeness (QED) is 0.550. The van der Waals surface area contributed by atoms with Gasteiger partial charge in [-0.15, -0.1) is 0 Å². The highest BCUT2D eigenvalue weighted by molar-refractivity contribution is 6.30. The highest BCUT2D eigenvalue weighted by Crippen LogP contribution is 2.20. The third kappa shape index (κ3) is 1.57. The van der Waals surface area contributed by atoms with Crippen LogP contribution in [0.25, 0.3) is 10.9 Å². The average molecular weight is 225 g/mol. The van der Waals surface area contributed by atoms with Gasteiger partial charge in [-0.3, -0.25) is 0 Å². The number of carbonyl (C=O) groups excluding carboxylic acids is 1. The van der Waals surface area contributed by atoms with E-state index >= 15 is 0 Å². The molecule has 0 N–H and O–H groups in total. The lowest BCUT2D eigenvalue weighted by atomic mass is 10.3. The highest BCUT2D eigenvalue weighted by Gasteiger charge is 2.13. The Morgan fingerprint density at radius 2 is 2.27 bits per heavy atom. The zero-order chi connectivity index (χ0) is 11.0. The fourth-order valence-electron chi connectivity index (χ4n) is 1.51. The van der Waals surface area contributed by atoms with E-state index in [9.17, 15) is 4.79 Å². The molecule has 0 aliphatic heterocycles. The number of halogens is 1. The van der Waals surface area contributed by atoms with Gasteiger partial charge in [0.05, 0.1) is 18.8 Å². The molecule has 5 heteroatoms. The molecular weight excluding hydrogens is 216 g/mol. The van der Waals surface area contributed by atoms with Crippen molar-refractivity contribution < 1.29 is 9.53 Å². The molecule has 0 aliphatic carbocycles. The Bertz CT molecular complexity index is 533. The number of aromatic nitrogens is 2. The van der Waals surface area contributed by atoms with E-state index in [-0.39, 0.29) is 5.97 Å². The van der Waals surface area contributed by atoms with Crippen molar-refractivity contribution in [3.05, 3.63) is 29.2 Å². The lowest BCUT2D eigenvalue weighted by Crippen LogP contribution is -2.06. The predicted molar refractivity (Wildman–Crippen MR) is 57.1 cm³/mol. The number of methoxy groups -OCH3 is 1. The number of carbonyl (C=O) groups is 1. The smallest absolute Gasteiger partial charge is 0.354 e. The Kier molecular flexibility index (Phi) is 2.36. The molecule has 0 unspecified atom stereocenters. The van der Waals surface area contributed by atoms with Gasteiger partial charge in [0, 0.05) is 12.4 Å². The van der Waals surface area contributed by atoms with E-state index in [2.05, 4.69) is 9.72 Å². The molecule has 0 atom stereocenters.